The van der Waals surface area contributed by atoms with Crippen molar-refractivity contribution >= 4 is 22.5 Å². The molecule has 0 aliphatic heterocycles. The zero-order valence-corrected chi connectivity index (χ0v) is 9.38. The second-order valence-corrected chi connectivity index (χ2v) is 3.81. The van der Waals surface area contributed by atoms with Crippen LogP contribution in [0.3, 0.4) is 0 Å². The molecular weight excluding hydrogens is 212 g/mol. The smallest absolute Gasteiger partial charge is 0.261 e. The van der Waals surface area contributed by atoms with Gasteiger partial charge in [-0.3, -0.25) is 9.36 Å². The monoisotopic (exact) mass is 222 g/mol. The van der Waals surface area contributed by atoms with Gasteiger partial charge in [0, 0.05) is 11.6 Å². The van der Waals surface area contributed by atoms with Crippen LogP contribution in [0, 0.1) is 6.92 Å². The Bertz CT molecular complexity index is 575. The minimum absolute atomic E-state index is 0.00309. The summed E-state index contributed by atoms with van der Waals surface area (Å²) < 4.78 is 1.65. The number of halogens is 1. The summed E-state index contributed by atoms with van der Waals surface area (Å²) in [6.45, 7) is 4.39. The van der Waals surface area contributed by atoms with Gasteiger partial charge in [0.25, 0.3) is 5.56 Å². The van der Waals surface area contributed by atoms with Gasteiger partial charge in [-0.15, -0.1) is 0 Å². The van der Waals surface area contributed by atoms with Gasteiger partial charge in [0.05, 0.1) is 10.9 Å². The van der Waals surface area contributed by atoms with Gasteiger partial charge in [0.15, 0.2) is 0 Å². The fraction of sp³-hybridized carbons (Fsp3) is 0.273. The molecule has 15 heavy (non-hydrogen) atoms. The molecule has 0 spiro atoms. The molecule has 0 saturated heterocycles. The highest BCUT2D eigenvalue weighted by molar-refractivity contribution is 6.31. The molecule has 0 radical (unpaired) electrons. The minimum Gasteiger partial charge on any atom is -0.297 e. The first-order chi connectivity index (χ1) is 7.13. The van der Waals surface area contributed by atoms with Gasteiger partial charge in [-0.25, -0.2) is 4.98 Å². The number of benzene rings is 1. The second-order valence-electron chi connectivity index (χ2n) is 3.37. The van der Waals surface area contributed by atoms with Crippen molar-refractivity contribution in [3.8, 4) is 0 Å². The number of hydrogen-bond acceptors (Lipinski definition) is 2. The van der Waals surface area contributed by atoms with Crippen molar-refractivity contribution in [3.63, 3.8) is 0 Å². The minimum atomic E-state index is -0.00309. The highest BCUT2D eigenvalue weighted by Gasteiger charge is 2.06. The number of fused-ring (bicyclic) bond motifs is 1. The van der Waals surface area contributed by atoms with Crippen molar-refractivity contribution in [1.82, 2.24) is 9.55 Å². The van der Waals surface area contributed by atoms with Crippen LogP contribution < -0.4 is 5.56 Å². The molecule has 4 heteroatoms. The summed E-state index contributed by atoms with van der Waals surface area (Å²) in [7, 11) is 0. The van der Waals surface area contributed by atoms with Crippen LogP contribution in [0.25, 0.3) is 10.9 Å². The van der Waals surface area contributed by atoms with Crippen LogP contribution in [0.15, 0.2) is 23.0 Å². The van der Waals surface area contributed by atoms with E-state index in [4.69, 9.17) is 11.6 Å². The van der Waals surface area contributed by atoms with Gasteiger partial charge < -0.3 is 0 Å². The lowest BCUT2D eigenvalue weighted by Gasteiger charge is -2.07. The average molecular weight is 223 g/mol. The summed E-state index contributed by atoms with van der Waals surface area (Å²) in [5.41, 5.74) is 0.659. The molecule has 0 saturated carbocycles. The molecule has 78 valence electrons. The zero-order chi connectivity index (χ0) is 11.0. The van der Waals surface area contributed by atoms with Crippen molar-refractivity contribution in [2.75, 3.05) is 0 Å². The molecule has 0 amide bonds. The third-order valence-electron chi connectivity index (χ3n) is 2.42. The molecule has 2 rings (SSSR count). The lowest BCUT2D eigenvalue weighted by molar-refractivity contribution is 0.685. The van der Waals surface area contributed by atoms with Crippen LogP contribution in [0.1, 0.15) is 12.7 Å². The summed E-state index contributed by atoms with van der Waals surface area (Å²) in [5.74, 6) is 0.720. The molecule has 0 bridgehead atoms. The highest BCUT2D eigenvalue weighted by Crippen LogP contribution is 2.15. The van der Waals surface area contributed by atoms with Crippen molar-refractivity contribution < 1.29 is 0 Å². The first kappa shape index (κ1) is 10.2. The van der Waals surface area contributed by atoms with Gasteiger partial charge in [-0.2, -0.15) is 0 Å². The lowest BCUT2D eigenvalue weighted by Crippen LogP contribution is -2.22. The normalized spacial score (nSPS) is 10.9. The fourth-order valence-corrected chi connectivity index (χ4v) is 1.84. The van der Waals surface area contributed by atoms with E-state index in [0.717, 1.165) is 5.82 Å². The maximum absolute atomic E-state index is 12.0. The number of rotatable bonds is 1. The molecule has 1 aromatic heterocycles. The third-order valence-corrected chi connectivity index (χ3v) is 2.66. The van der Waals surface area contributed by atoms with Gasteiger partial charge in [-0.1, -0.05) is 11.6 Å². The number of hydrogen-bond donors (Lipinski definition) is 0. The van der Waals surface area contributed by atoms with E-state index in [1.54, 1.807) is 22.8 Å². The predicted molar refractivity (Wildman–Crippen MR) is 61.4 cm³/mol. The van der Waals surface area contributed by atoms with E-state index >= 15 is 0 Å². The van der Waals surface area contributed by atoms with Crippen LogP contribution in [-0.2, 0) is 6.54 Å². The van der Waals surface area contributed by atoms with Crippen molar-refractivity contribution in [3.05, 3.63) is 39.4 Å². The maximum Gasteiger partial charge on any atom is 0.261 e. The highest BCUT2D eigenvalue weighted by atomic mass is 35.5. The van der Waals surface area contributed by atoms with Gasteiger partial charge in [-0.05, 0) is 32.0 Å². The molecular formula is C11H11ClN2O. The largest absolute Gasteiger partial charge is 0.297 e. The Morgan fingerprint density at radius 2 is 2.20 bits per heavy atom. The topological polar surface area (TPSA) is 34.9 Å². The van der Waals surface area contributed by atoms with Crippen LogP contribution in [0.4, 0.5) is 0 Å². The zero-order valence-electron chi connectivity index (χ0n) is 8.62. The maximum atomic E-state index is 12.0. The molecule has 1 heterocycles. The lowest BCUT2D eigenvalue weighted by atomic mass is 10.2. The fourth-order valence-electron chi connectivity index (χ4n) is 1.68. The first-order valence-electron chi connectivity index (χ1n) is 4.80. The van der Waals surface area contributed by atoms with Crippen molar-refractivity contribution in [2.45, 2.75) is 20.4 Å². The number of aromatic nitrogens is 2. The van der Waals surface area contributed by atoms with Crippen LogP contribution in [-0.4, -0.2) is 9.55 Å². The molecule has 0 fully saturated rings. The van der Waals surface area contributed by atoms with Crippen LogP contribution in [0.2, 0.25) is 5.02 Å². The van der Waals surface area contributed by atoms with E-state index in [1.807, 2.05) is 13.8 Å². The van der Waals surface area contributed by atoms with Gasteiger partial charge in [0.1, 0.15) is 5.82 Å². The number of aryl methyl sites for hydroxylation is 1. The Hall–Kier alpha value is -1.35. The molecule has 0 atom stereocenters. The SMILES string of the molecule is CCn1c(C)nc2cc(Cl)ccc2c1=O. The second kappa shape index (κ2) is 3.66. The van der Waals surface area contributed by atoms with Gasteiger partial charge in [0.2, 0.25) is 0 Å². The molecule has 2 aromatic rings. The van der Waals surface area contributed by atoms with E-state index in [1.165, 1.54) is 0 Å². The first-order valence-corrected chi connectivity index (χ1v) is 5.18. The quantitative estimate of drug-likeness (QED) is 0.743. The van der Waals surface area contributed by atoms with E-state index in [0.29, 0.717) is 22.5 Å². The molecule has 0 unspecified atom stereocenters. The summed E-state index contributed by atoms with van der Waals surface area (Å²) in [4.78, 5) is 16.3. The van der Waals surface area contributed by atoms with E-state index in [2.05, 4.69) is 4.98 Å². The molecule has 3 nitrogen and oxygen atoms in total. The van der Waals surface area contributed by atoms with Crippen LogP contribution in [0.5, 0.6) is 0 Å². The molecule has 0 N–H and O–H groups in total. The molecule has 1 aromatic carbocycles. The average Bonchev–Trinajstić information content (AvgIpc) is 2.17. The standard InChI is InChI=1S/C11H11ClN2O/c1-3-14-7(2)13-10-6-8(12)4-5-9(10)11(14)15/h4-6H,3H2,1-2H3. The van der Waals surface area contributed by atoms with E-state index in [9.17, 15) is 4.79 Å². The Kier molecular flexibility index (Phi) is 2.49. The number of nitrogens with zero attached hydrogens (tertiary/aromatic N) is 2. The van der Waals surface area contributed by atoms with Crippen molar-refractivity contribution in [2.24, 2.45) is 0 Å². The Morgan fingerprint density at radius 3 is 2.87 bits per heavy atom. The van der Waals surface area contributed by atoms with E-state index in [-0.39, 0.29) is 5.56 Å². The Morgan fingerprint density at radius 1 is 1.47 bits per heavy atom. The Labute approximate surface area is 92.3 Å². The summed E-state index contributed by atoms with van der Waals surface area (Å²) in [6, 6.07) is 5.15. The summed E-state index contributed by atoms with van der Waals surface area (Å²) in [6.07, 6.45) is 0. The molecule has 0 aliphatic rings. The summed E-state index contributed by atoms with van der Waals surface area (Å²) >= 11 is 5.85. The Balaban J connectivity index is 2.91. The van der Waals surface area contributed by atoms with Gasteiger partial charge >= 0.3 is 0 Å². The van der Waals surface area contributed by atoms with E-state index < -0.39 is 0 Å². The van der Waals surface area contributed by atoms with Crippen LogP contribution >= 0.6 is 11.6 Å². The predicted octanol–water partition coefficient (Wildman–Crippen LogP) is 2.38. The van der Waals surface area contributed by atoms with Crippen molar-refractivity contribution in [1.29, 1.82) is 0 Å². The summed E-state index contributed by atoms with van der Waals surface area (Å²) in [5, 5.41) is 1.22. The molecule has 0 aliphatic carbocycles. The third kappa shape index (κ3) is 1.63.